The maximum absolute atomic E-state index is 10.3. The van der Waals surface area contributed by atoms with Crippen LogP contribution >= 0.6 is 62.3 Å². The van der Waals surface area contributed by atoms with Gasteiger partial charge in [-0.2, -0.15) is 10.5 Å². The molecule has 0 aliphatic heterocycles. The minimum Gasteiger partial charge on any atom is -0.198 e. The van der Waals surface area contributed by atoms with Crippen molar-refractivity contribution >= 4 is 62.3 Å². The van der Waals surface area contributed by atoms with Crippen molar-refractivity contribution in [3.8, 4) is 12.1 Å². The van der Waals surface area contributed by atoms with Crippen LogP contribution in [0, 0.1) is 70.0 Å². The molecule has 0 radical (unpaired) electrons. The summed E-state index contributed by atoms with van der Waals surface area (Å²) in [7, 11) is 1.76. The number of nitriles is 2. The fourth-order valence-electron chi connectivity index (χ4n) is 7.19. The monoisotopic (exact) mass is 706 g/mol. The van der Waals surface area contributed by atoms with Gasteiger partial charge in [0.05, 0.1) is 24.0 Å². The molecule has 0 aromatic carbocycles. The van der Waals surface area contributed by atoms with Gasteiger partial charge in [-0.1, -0.05) is 75.9 Å². The van der Waals surface area contributed by atoms with Crippen LogP contribution < -0.4 is 0 Å². The summed E-state index contributed by atoms with van der Waals surface area (Å²) >= 11 is 5.34. The smallest absolute Gasteiger partial charge is 0.0665 e. The number of halogens is 2. The van der Waals surface area contributed by atoms with E-state index in [9.17, 15) is 10.5 Å². The molecule has 4 aliphatic carbocycles. The van der Waals surface area contributed by atoms with Crippen LogP contribution in [0.4, 0.5) is 0 Å². The molecular formula is C27H38I2N2P2. The van der Waals surface area contributed by atoms with E-state index in [-0.39, 0.29) is 18.7 Å². The SMILES string of the molecule is CPC1C(/C=C/C2CCC2)C(C#N)C(C2CC2/C=C\C2C(C#N)C[C@](C)(I)C2PC)[C@]1(C)I. The van der Waals surface area contributed by atoms with E-state index in [4.69, 9.17) is 0 Å². The molecule has 0 aromatic rings. The second kappa shape index (κ2) is 10.6. The van der Waals surface area contributed by atoms with Crippen LogP contribution in [0.25, 0.3) is 0 Å². The van der Waals surface area contributed by atoms with Crippen LogP contribution in [0.5, 0.6) is 0 Å². The first-order valence-electron chi connectivity index (χ1n) is 12.6. The molecule has 4 fully saturated rings. The molecule has 0 saturated heterocycles. The zero-order chi connectivity index (χ0) is 24.0. The van der Waals surface area contributed by atoms with E-state index in [1.165, 1.54) is 25.7 Å². The van der Waals surface area contributed by atoms with E-state index in [0.29, 0.717) is 40.9 Å². The third kappa shape index (κ3) is 5.13. The van der Waals surface area contributed by atoms with Crippen molar-refractivity contribution in [2.24, 2.45) is 47.3 Å². The minimum atomic E-state index is 0.143. The predicted molar refractivity (Wildman–Crippen MR) is 161 cm³/mol. The highest BCUT2D eigenvalue weighted by Crippen LogP contribution is 2.64. The van der Waals surface area contributed by atoms with Crippen LogP contribution in [0.3, 0.4) is 0 Å². The van der Waals surface area contributed by atoms with Gasteiger partial charge in [0.25, 0.3) is 0 Å². The lowest BCUT2D eigenvalue weighted by molar-refractivity contribution is 0.345. The summed E-state index contributed by atoms with van der Waals surface area (Å²) in [5, 5.41) is 20.1. The van der Waals surface area contributed by atoms with E-state index < -0.39 is 0 Å². The summed E-state index contributed by atoms with van der Waals surface area (Å²) in [6, 6.07) is 5.43. The van der Waals surface area contributed by atoms with Crippen molar-refractivity contribution in [3.63, 3.8) is 0 Å². The molecule has 13 atom stereocenters. The zero-order valence-corrected chi connectivity index (χ0v) is 26.6. The maximum atomic E-state index is 10.3. The molecule has 11 unspecified atom stereocenters. The molecule has 0 bridgehead atoms. The van der Waals surface area contributed by atoms with E-state index in [0.717, 1.165) is 29.5 Å². The largest absolute Gasteiger partial charge is 0.198 e. The Hall–Kier alpha value is 0.780. The van der Waals surface area contributed by atoms with Gasteiger partial charge < -0.3 is 0 Å². The second-order valence-corrected chi connectivity index (χ2v) is 18.4. The van der Waals surface area contributed by atoms with Crippen molar-refractivity contribution in [1.29, 1.82) is 10.5 Å². The predicted octanol–water partition coefficient (Wildman–Crippen LogP) is 7.82. The molecule has 4 rings (SSSR count). The van der Waals surface area contributed by atoms with E-state index in [2.05, 4.69) is 109 Å². The molecule has 0 N–H and O–H groups in total. The fraction of sp³-hybridized carbons (Fsp3) is 0.778. The van der Waals surface area contributed by atoms with Crippen LogP contribution in [-0.2, 0) is 0 Å². The zero-order valence-electron chi connectivity index (χ0n) is 20.3. The third-order valence-corrected chi connectivity index (χ3v) is 16.1. The van der Waals surface area contributed by atoms with Gasteiger partial charge in [0.1, 0.15) is 0 Å². The molecule has 33 heavy (non-hydrogen) atoms. The van der Waals surface area contributed by atoms with Crippen molar-refractivity contribution in [1.82, 2.24) is 0 Å². The van der Waals surface area contributed by atoms with Gasteiger partial charge in [-0.25, -0.2) is 0 Å². The Morgan fingerprint density at radius 3 is 2.12 bits per heavy atom. The topological polar surface area (TPSA) is 47.6 Å². The molecular weight excluding hydrogens is 668 g/mol. The van der Waals surface area contributed by atoms with Gasteiger partial charge in [-0.15, -0.1) is 17.2 Å². The lowest BCUT2D eigenvalue weighted by atomic mass is 9.81. The number of alkyl halides is 2. The van der Waals surface area contributed by atoms with Crippen LogP contribution in [-0.4, -0.2) is 31.5 Å². The molecule has 0 aromatic heterocycles. The standard InChI is InChI=1S/C27H38I2N2P2/c1-26(28)13-18(14-30)19(24(26)32-3)11-9-17-12-21(17)23-22(15-31)20(10-8-16-6-5-7-16)25(33-4)27(23,2)29/h8-11,16-25,32-33H,5-7,12-13H2,1-4H3/b10-8+,11-9-/t17?,18?,19?,20?,21?,22?,23?,24?,25?,26-,27-/m0/s1. The molecule has 2 nitrogen and oxygen atoms in total. The lowest BCUT2D eigenvalue weighted by Crippen LogP contribution is -2.34. The highest BCUT2D eigenvalue weighted by molar-refractivity contribution is 14.1. The molecule has 0 heterocycles. The van der Waals surface area contributed by atoms with Crippen LogP contribution in [0.15, 0.2) is 24.3 Å². The van der Waals surface area contributed by atoms with Crippen LogP contribution in [0.2, 0.25) is 0 Å². The summed E-state index contributed by atoms with van der Waals surface area (Å²) < 4.78 is 0.417. The lowest BCUT2D eigenvalue weighted by Gasteiger charge is -2.32. The first-order chi connectivity index (χ1) is 15.7. The molecule has 0 spiro atoms. The molecule has 6 heteroatoms. The summed E-state index contributed by atoms with van der Waals surface area (Å²) in [4.78, 5) is 0. The molecule has 180 valence electrons. The van der Waals surface area contributed by atoms with E-state index in [1.807, 2.05) is 0 Å². The Balaban J connectivity index is 1.50. The number of rotatable bonds is 7. The first-order valence-corrected chi connectivity index (χ1v) is 17.9. The van der Waals surface area contributed by atoms with Gasteiger partial charge in [0, 0.05) is 18.7 Å². The molecule has 4 aliphatic rings. The number of allylic oxidation sites excluding steroid dienone is 4. The van der Waals surface area contributed by atoms with Crippen molar-refractivity contribution in [2.75, 3.05) is 13.3 Å². The van der Waals surface area contributed by atoms with Gasteiger partial charge >= 0.3 is 0 Å². The van der Waals surface area contributed by atoms with Gasteiger partial charge in [-0.05, 0) is 87.9 Å². The Labute approximate surface area is 232 Å². The summed E-state index contributed by atoms with van der Waals surface area (Å²) in [5.74, 6) is 3.56. The van der Waals surface area contributed by atoms with E-state index in [1.54, 1.807) is 0 Å². The summed E-state index contributed by atoms with van der Waals surface area (Å²) in [5.41, 5.74) is 1.22. The average Bonchev–Trinajstić information content (AvgIpc) is 3.38. The minimum absolute atomic E-state index is 0.143. The number of nitrogens with zero attached hydrogens (tertiary/aromatic N) is 2. The summed E-state index contributed by atoms with van der Waals surface area (Å²) in [6.45, 7) is 9.44. The van der Waals surface area contributed by atoms with Crippen molar-refractivity contribution < 1.29 is 0 Å². The third-order valence-electron chi connectivity index (χ3n) is 9.19. The number of hydrogen-bond acceptors (Lipinski definition) is 2. The number of hydrogen-bond donors (Lipinski definition) is 0. The first kappa shape index (κ1) is 26.8. The normalized spacial score (nSPS) is 50.6. The molecule has 0 amide bonds. The Bertz CT molecular complexity index is 866. The van der Waals surface area contributed by atoms with Gasteiger partial charge in [0.2, 0.25) is 0 Å². The quantitative estimate of drug-likeness (QED) is 0.117. The van der Waals surface area contributed by atoms with E-state index >= 15 is 0 Å². The highest BCUT2D eigenvalue weighted by atomic mass is 127. The van der Waals surface area contributed by atoms with Crippen LogP contribution in [0.1, 0.15) is 46.0 Å². The highest BCUT2D eigenvalue weighted by Gasteiger charge is 2.62. The average molecular weight is 706 g/mol. The Morgan fingerprint density at radius 2 is 1.58 bits per heavy atom. The fourth-order valence-corrected chi connectivity index (χ4v) is 14.1. The molecule has 4 saturated carbocycles. The van der Waals surface area contributed by atoms with Crippen molar-refractivity contribution in [3.05, 3.63) is 24.3 Å². The Kier molecular flexibility index (Phi) is 8.65. The second-order valence-electron chi connectivity index (χ2n) is 11.3. The summed E-state index contributed by atoms with van der Waals surface area (Å²) in [6.07, 6.45) is 16.1. The van der Waals surface area contributed by atoms with Crippen molar-refractivity contribution in [2.45, 2.75) is 64.1 Å². The van der Waals surface area contributed by atoms with Gasteiger partial charge in [0.15, 0.2) is 0 Å². The maximum Gasteiger partial charge on any atom is 0.0665 e. The Morgan fingerprint density at radius 1 is 0.909 bits per heavy atom. The van der Waals surface area contributed by atoms with Gasteiger partial charge in [-0.3, -0.25) is 0 Å².